The molecule has 1 aromatic rings. The van der Waals surface area contributed by atoms with Crippen LogP contribution >= 0.6 is 0 Å². The summed E-state index contributed by atoms with van der Waals surface area (Å²) in [6.07, 6.45) is 7.38. The van der Waals surface area contributed by atoms with Gasteiger partial charge in [0.15, 0.2) is 0 Å². The summed E-state index contributed by atoms with van der Waals surface area (Å²) in [5, 5.41) is 8.90. The highest BCUT2D eigenvalue weighted by molar-refractivity contribution is 5.93. The number of carbonyl (C=O) groups excluding carboxylic acids is 1. The van der Waals surface area contributed by atoms with Gasteiger partial charge in [-0.25, -0.2) is 5.48 Å². The number of hydrogen-bond donors (Lipinski definition) is 2. The SMILES string of the molecule is CC[C@H]1Cc2ncc(C(=O)NO)cc2CN1C[C@@]12C[C@@H](CO1)N(C1CC1)C2. The summed E-state index contributed by atoms with van der Waals surface area (Å²) in [6, 6.07) is 3.73. The van der Waals surface area contributed by atoms with E-state index in [0.717, 1.165) is 62.8 Å². The van der Waals surface area contributed by atoms with Crippen molar-refractivity contribution in [3.63, 3.8) is 0 Å². The molecule has 0 radical (unpaired) electrons. The monoisotopic (exact) mass is 372 g/mol. The Morgan fingerprint density at radius 3 is 3.04 bits per heavy atom. The van der Waals surface area contributed by atoms with Crippen LogP contribution in [0.4, 0.5) is 0 Å². The van der Waals surface area contributed by atoms with Crippen molar-refractivity contribution in [3.8, 4) is 0 Å². The normalized spacial score (nSPS) is 33.3. The molecule has 1 aliphatic carbocycles. The van der Waals surface area contributed by atoms with Gasteiger partial charge in [0.2, 0.25) is 0 Å². The van der Waals surface area contributed by atoms with E-state index in [0.29, 0.717) is 17.6 Å². The molecule has 2 saturated heterocycles. The van der Waals surface area contributed by atoms with Crippen molar-refractivity contribution in [1.29, 1.82) is 0 Å². The Morgan fingerprint density at radius 2 is 2.30 bits per heavy atom. The molecular formula is C20H28N4O3. The highest BCUT2D eigenvalue weighted by atomic mass is 16.5. The molecule has 3 atom stereocenters. The molecule has 3 fully saturated rings. The molecule has 2 N–H and O–H groups in total. The highest BCUT2D eigenvalue weighted by Crippen LogP contribution is 2.44. The maximum atomic E-state index is 11.7. The zero-order valence-corrected chi connectivity index (χ0v) is 15.9. The fourth-order valence-electron chi connectivity index (χ4n) is 5.30. The summed E-state index contributed by atoms with van der Waals surface area (Å²) in [5.41, 5.74) is 4.23. The van der Waals surface area contributed by atoms with Gasteiger partial charge in [-0.05, 0) is 37.3 Å². The number of fused-ring (bicyclic) bond motifs is 3. The first-order valence-electron chi connectivity index (χ1n) is 10.2. The second-order valence-corrected chi connectivity index (χ2v) is 8.70. The largest absolute Gasteiger partial charge is 0.371 e. The number of aromatic nitrogens is 1. The third-order valence-corrected chi connectivity index (χ3v) is 6.85. The lowest BCUT2D eigenvalue weighted by atomic mass is 9.93. The number of hydroxylamine groups is 1. The number of amides is 1. The molecule has 0 unspecified atom stereocenters. The second kappa shape index (κ2) is 6.51. The third-order valence-electron chi connectivity index (χ3n) is 6.85. The molecule has 4 heterocycles. The molecule has 0 spiro atoms. The molecular weight excluding hydrogens is 344 g/mol. The predicted octanol–water partition coefficient (Wildman–Crippen LogP) is 1.34. The second-order valence-electron chi connectivity index (χ2n) is 8.70. The highest BCUT2D eigenvalue weighted by Gasteiger charge is 2.55. The van der Waals surface area contributed by atoms with E-state index >= 15 is 0 Å². The number of nitrogens with zero attached hydrogens (tertiary/aromatic N) is 3. The minimum absolute atomic E-state index is 0.0360. The summed E-state index contributed by atoms with van der Waals surface area (Å²) in [7, 11) is 0. The molecule has 146 valence electrons. The molecule has 3 aliphatic heterocycles. The number of rotatable bonds is 5. The van der Waals surface area contributed by atoms with Gasteiger partial charge in [-0.3, -0.25) is 24.8 Å². The molecule has 2 bridgehead atoms. The van der Waals surface area contributed by atoms with E-state index in [9.17, 15) is 4.79 Å². The summed E-state index contributed by atoms with van der Waals surface area (Å²) in [5.74, 6) is -0.508. The van der Waals surface area contributed by atoms with Gasteiger partial charge in [-0.1, -0.05) is 6.92 Å². The van der Waals surface area contributed by atoms with E-state index in [-0.39, 0.29) is 5.60 Å². The molecule has 4 aliphatic rings. The van der Waals surface area contributed by atoms with Gasteiger partial charge < -0.3 is 4.74 Å². The summed E-state index contributed by atoms with van der Waals surface area (Å²) in [6.45, 7) is 5.90. The molecule has 27 heavy (non-hydrogen) atoms. The van der Waals surface area contributed by atoms with Crippen molar-refractivity contribution < 1.29 is 14.7 Å². The van der Waals surface area contributed by atoms with Crippen LogP contribution in [0, 0.1) is 0 Å². The van der Waals surface area contributed by atoms with Gasteiger partial charge in [-0.2, -0.15) is 0 Å². The molecule has 1 aromatic heterocycles. The Balaban J connectivity index is 1.36. The first-order chi connectivity index (χ1) is 13.1. The van der Waals surface area contributed by atoms with Crippen molar-refractivity contribution in [1.82, 2.24) is 20.3 Å². The van der Waals surface area contributed by atoms with E-state index in [1.807, 2.05) is 6.07 Å². The molecule has 7 heteroatoms. The van der Waals surface area contributed by atoms with Crippen molar-refractivity contribution >= 4 is 5.91 Å². The van der Waals surface area contributed by atoms with E-state index in [2.05, 4.69) is 21.7 Å². The standard InChI is InChI=1S/C20H28N4O3/c1-2-15-6-18-14(5-13(8-21-18)19(25)22-26)9-23(15)11-20-7-17(10-27-20)24(12-20)16-3-4-16/h5,8,15-17,26H,2-4,6-7,9-12H2,1H3,(H,22,25)/t15-,17-,20+/m0/s1. The van der Waals surface area contributed by atoms with Crippen LogP contribution in [0.3, 0.4) is 0 Å². The number of morpholine rings is 1. The Hall–Kier alpha value is -1.54. The number of pyridine rings is 1. The van der Waals surface area contributed by atoms with Crippen molar-refractivity contribution in [2.45, 2.75) is 69.3 Å². The first-order valence-corrected chi connectivity index (χ1v) is 10.2. The number of nitrogens with one attached hydrogen (secondary N) is 1. The topological polar surface area (TPSA) is 77.9 Å². The number of carbonyl (C=O) groups is 1. The smallest absolute Gasteiger partial charge is 0.276 e. The van der Waals surface area contributed by atoms with Gasteiger partial charge >= 0.3 is 0 Å². The summed E-state index contributed by atoms with van der Waals surface area (Å²) >= 11 is 0. The fourth-order valence-corrected chi connectivity index (χ4v) is 5.30. The molecule has 1 saturated carbocycles. The Bertz CT molecular complexity index is 753. The first kappa shape index (κ1) is 17.6. The van der Waals surface area contributed by atoms with Crippen LogP contribution in [0.1, 0.15) is 54.2 Å². The van der Waals surface area contributed by atoms with Crippen LogP contribution in [0.25, 0.3) is 0 Å². The van der Waals surface area contributed by atoms with Gasteiger partial charge in [0.25, 0.3) is 5.91 Å². The van der Waals surface area contributed by atoms with Crippen LogP contribution in [-0.4, -0.2) is 69.3 Å². The van der Waals surface area contributed by atoms with Crippen molar-refractivity contribution in [2.75, 3.05) is 19.7 Å². The minimum Gasteiger partial charge on any atom is -0.371 e. The van der Waals surface area contributed by atoms with Crippen LogP contribution < -0.4 is 5.48 Å². The molecule has 0 aromatic carbocycles. The van der Waals surface area contributed by atoms with Crippen LogP contribution in [0.5, 0.6) is 0 Å². The lowest BCUT2D eigenvalue weighted by Gasteiger charge is -2.42. The van der Waals surface area contributed by atoms with Gasteiger partial charge in [0.1, 0.15) is 0 Å². The van der Waals surface area contributed by atoms with Gasteiger partial charge in [0, 0.05) is 56.1 Å². The lowest BCUT2D eigenvalue weighted by Crippen LogP contribution is -2.53. The van der Waals surface area contributed by atoms with E-state index < -0.39 is 5.91 Å². The Morgan fingerprint density at radius 1 is 1.44 bits per heavy atom. The zero-order valence-electron chi connectivity index (χ0n) is 15.9. The zero-order chi connectivity index (χ0) is 18.6. The van der Waals surface area contributed by atoms with Gasteiger partial charge in [0.05, 0.1) is 17.8 Å². The quantitative estimate of drug-likeness (QED) is 0.600. The maximum Gasteiger partial charge on any atom is 0.276 e. The third kappa shape index (κ3) is 3.06. The molecule has 5 rings (SSSR count). The fraction of sp³-hybridized carbons (Fsp3) is 0.700. The van der Waals surface area contributed by atoms with E-state index in [1.54, 1.807) is 11.7 Å². The lowest BCUT2D eigenvalue weighted by molar-refractivity contribution is -0.0726. The van der Waals surface area contributed by atoms with E-state index in [1.165, 1.54) is 12.8 Å². The van der Waals surface area contributed by atoms with Crippen LogP contribution in [0.2, 0.25) is 0 Å². The van der Waals surface area contributed by atoms with E-state index in [4.69, 9.17) is 9.94 Å². The van der Waals surface area contributed by atoms with Crippen molar-refractivity contribution in [3.05, 3.63) is 29.1 Å². The predicted molar refractivity (Wildman–Crippen MR) is 98.5 cm³/mol. The van der Waals surface area contributed by atoms with Gasteiger partial charge in [-0.15, -0.1) is 0 Å². The number of likely N-dealkylation sites (tertiary alicyclic amines) is 1. The average molecular weight is 372 g/mol. The van der Waals surface area contributed by atoms with Crippen molar-refractivity contribution in [2.24, 2.45) is 0 Å². The van der Waals surface area contributed by atoms with Crippen LogP contribution in [0.15, 0.2) is 12.3 Å². The minimum atomic E-state index is -0.508. The number of ether oxygens (including phenoxy) is 1. The summed E-state index contributed by atoms with van der Waals surface area (Å²) in [4.78, 5) is 21.5. The molecule has 7 nitrogen and oxygen atoms in total. The number of hydrogen-bond acceptors (Lipinski definition) is 6. The Kier molecular flexibility index (Phi) is 4.23. The average Bonchev–Trinajstić information content (AvgIpc) is 3.38. The Labute approximate surface area is 159 Å². The molecule has 1 amide bonds. The van der Waals surface area contributed by atoms with Crippen LogP contribution in [-0.2, 0) is 17.7 Å². The maximum absolute atomic E-state index is 11.7. The summed E-state index contributed by atoms with van der Waals surface area (Å²) < 4.78 is 6.31.